The minimum atomic E-state index is -0.746. The fourth-order valence-corrected chi connectivity index (χ4v) is 2.47. The van der Waals surface area contributed by atoms with Crippen molar-refractivity contribution >= 4 is 11.7 Å². The molecule has 2 atom stereocenters. The van der Waals surface area contributed by atoms with Crippen molar-refractivity contribution in [3.05, 3.63) is 47.2 Å². The molecule has 0 unspecified atom stereocenters. The summed E-state index contributed by atoms with van der Waals surface area (Å²) in [5.74, 6) is -1.49. The second-order valence-corrected chi connectivity index (χ2v) is 4.94. The van der Waals surface area contributed by atoms with E-state index < -0.39 is 23.8 Å². The molecule has 1 aromatic carbocycles. The zero-order chi connectivity index (χ0) is 14.9. The molecule has 2 N–H and O–H groups in total. The quantitative estimate of drug-likeness (QED) is 0.869. The summed E-state index contributed by atoms with van der Waals surface area (Å²) < 4.78 is 0. The molecule has 0 saturated carbocycles. The fraction of sp³-hybridized carbons (Fsp3) is 0.333. The maximum absolute atomic E-state index is 12.1. The number of β-amino-alcohol motifs (C(OH)–C–C–N with tert-alkyl or cyclic N) is 1. The SMILES string of the molecule is CC(=O)C1=C(O)C(=O)N(C[C@@H](C)O)[C@@H]1c1ccccc1. The molecule has 1 amide bonds. The Balaban J connectivity index is 2.50. The molecule has 0 fully saturated rings. The zero-order valence-corrected chi connectivity index (χ0v) is 11.4. The number of amides is 1. The van der Waals surface area contributed by atoms with Crippen LogP contribution in [0.15, 0.2) is 41.7 Å². The molecule has 2 rings (SSSR count). The first kappa shape index (κ1) is 14.3. The van der Waals surface area contributed by atoms with E-state index in [2.05, 4.69) is 0 Å². The minimum absolute atomic E-state index is 0.0548. The Morgan fingerprint density at radius 2 is 1.95 bits per heavy atom. The van der Waals surface area contributed by atoms with Gasteiger partial charge in [-0.2, -0.15) is 0 Å². The largest absolute Gasteiger partial charge is 0.503 e. The number of carbonyl (C=O) groups excluding carboxylic acids is 2. The van der Waals surface area contributed by atoms with Gasteiger partial charge in [0.2, 0.25) is 0 Å². The Labute approximate surface area is 117 Å². The predicted molar refractivity (Wildman–Crippen MR) is 72.9 cm³/mol. The summed E-state index contributed by atoms with van der Waals surface area (Å²) in [4.78, 5) is 25.2. The molecule has 5 heteroatoms. The van der Waals surface area contributed by atoms with Crippen LogP contribution in [0.2, 0.25) is 0 Å². The van der Waals surface area contributed by atoms with Crippen LogP contribution in [-0.4, -0.2) is 39.5 Å². The van der Waals surface area contributed by atoms with Crippen molar-refractivity contribution in [2.24, 2.45) is 0 Å². The van der Waals surface area contributed by atoms with Crippen LogP contribution in [0.1, 0.15) is 25.5 Å². The van der Waals surface area contributed by atoms with Crippen LogP contribution in [0.3, 0.4) is 0 Å². The lowest BCUT2D eigenvalue weighted by atomic mass is 9.97. The van der Waals surface area contributed by atoms with E-state index in [1.165, 1.54) is 11.8 Å². The van der Waals surface area contributed by atoms with Crippen molar-refractivity contribution in [1.82, 2.24) is 4.90 Å². The van der Waals surface area contributed by atoms with Crippen molar-refractivity contribution in [3.8, 4) is 0 Å². The lowest BCUT2D eigenvalue weighted by molar-refractivity contribution is -0.130. The van der Waals surface area contributed by atoms with E-state index in [0.29, 0.717) is 0 Å². The maximum Gasteiger partial charge on any atom is 0.290 e. The van der Waals surface area contributed by atoms with Crippen LogP contribution in [-0.2, 0) is 9.59 Å². The third-order valence-corrected chi connectivity index (χ3v) is 3.26. The molecule has 5 nitrogen and oxygen atoms in total. The number of ketones is 1. The molecule has 106 valence electrons. The van der Waals surface area contributed by atoms with Crippen molar-refractivity contribution in [1.29, 1.82) is 0 Å². The van der Waals surface area contributed by atoms with Gasteiger partial charge in [0.1, 0.15) is 0 Å². The highest BCUT2D eigenvalue weighted by Gasteiger charge is 2.42. The Hall–Kier alpha value is -2.14. The number of hydrogen-bond donors (Lipinski definition) is 2. The Kier molecular flexibility index (Phi) is 3.90. The second kappa shape index (κ2) is 5.46. The van der Waals surface area contributed by atoms with Crippen LogP contribution in [0.5, 0.6) is 0 Å². The van der Waals surface area contributed by atoms with Gasteiger partial charge in [0.05, 0.1) is 17.7 Å². The normalized spacial score (nSPS) is 20.4. The van der Waals surface area contributed by atoms with Crippen LogP contribution < -0.4 is 0 Å². The van der Waals surface area contributed by atoms with Gasteiger partial charge in [0.15, 0.2) is 11.5 Å². The standard InChI is InChI=1S/C15H17NO4/c1-9(17)8-16-13(11-6-4-3-5-7-11)12(10(2)18)14(19)15(16)20/h3-7,9,13,17,19H,8H2,1-2H3/t9-,13-/m1/s1. The lowest BCUT2D eigenvalue weighted by Gasteiger charge is -2.27. The number of carbonyl (C=O) groups is 2. The van der Waals surface area contributed by atoms with E-state index in [-0.39, 0.29) is 17.9 Å². The molecule has 1 heterocycles. The molecule has 1 aliphatic heterocycles. The molecule has 20 heavy (non-hydrogen) atoms. The Bertz CT molecular complexity index is 562. The number of nitrogens with zero attached hydrogens (tertiary/aromatic N) is 1. The molecule has 1 aliphatic rings. The van der Waals surface area contributed by atoms with Gasteiger partial charge in [0, 0.05) is 6.54 Å². The van der Waals surface area contributed by atoms with Crippen molar-refractivity contribution in [2.45, 2.75) is 26.0 Å². The average Bonchev–Trinajstić information content (AvgIpc) is 2.64. The fourth-order valence-electron chi connectivity index (χ4n) is 2.47. The number of aliphatic hydroxyl groups is 2. The van der Waals surface area contributed by atoms with E-state index in [4.69, 9.17) is 0 Å². The smallest absolute Gasteiger partial charge is 0.290 e. The zero-order valence-electron chi connectivity index (χ0n) is 11.4. The van der Waals surface area contributed by atoms with Crippen LogP contribution in [0.25, 0.3) is 0 Å². The van der Waals surface area contributed by atoms with Gasteiger partial charge >= 0.3 is 0 Å². The Morgan fingerprint density at radius 1 is 1.35 bits per heavy atom. The molecule has 0 saturated heterocycles. The van der Waals surface area contributed by atoms with Crippen molar-refractivity contribution in [2.75, 3.05) is 6.54 Å². The van der Waals surface area contributed by atoms with Crippen molar-refractivity contribution < 1.29 is 19.8 Å². The number of rotatable bonds is 4. The first-order valence-corrected chi connectivity index (χ1v) is 6.41. The summed E-state index contributed by atoms with van der Waals surface area (Å²) in [5, 5.41) is 19.5. The summed E-state index contributed by atoms with van der Waals surface area (Å²) in [6.07, 6.45) is -0.746. The van der Waals surface area contributed by atoms with E-state index >= 15 is 0 Å². The monoisotopic (exact) mass is 275 g/mol. The van der Waals surface area contributed by atoms with Gasteiger partial charge < -0.3 is 15.1 Å². The highest BCUT2D eigenvalue weighted by molar-refractivity contribution is 6.08. The minimum Gasteiger partial charge on any atom is -0.503 e. The molecular formula is C15H17NO4. The number of aliphatic hydroxyl groups excluding tert-OH is 2. The number of benzene rings is 1. The van der Waals surface area contributed by atoms with E-state index in [0.717, 1.165) is 5.56 Å². The van der Waals surface area contributed by atoms with E-state index in [1.54, 1.807) is 31.2 Å². The van der Waals surface area contributed by atoms with Crippen LogP contribution >= 0.6 is 0 Å². The summed E-state index contributed by atoms with van der Waals surface area (Å²) in [6, 6.07) is 8.36. The van der Waals surface area contributed by atoms with Gasteiger partial charge in [-0.3, -0.25) is 9.59 Å². The Morgan fingerprint density at radius 3 is 2.45 bits per heavy atom. The van der Waals surface area contributed by atoms with E-state index in [1.807, 2.05) is 6.07 Å². The number of hydrogen-bond acceptors (Lipinski definition) is 4. The molecular weight excluding hydrogens is 258 g/mol. The van der Waals surface area contributed by atoms with Gasteiger partial charge in [-0.05, 0) is 19.4 Å². The lowest BCUT2D eigenvalue weighted by Crippen LogP contribution is -2.36. The van der Waals surface area contributed by atoms with Crippen LogP contribution in [0.4, 0.5) is 0 Å². The first-order chi connectivity index (χ1) is 9.43. The highest BCUT2D eigenvalue weighted by Crippen LogP contribution is 2.37. The molecule has 0 radical (unpaired) electrons. The van der Waals surface area contributed by atoms with Gasteiger partial charge in [-0.1, -0.05) is 30.3 Å². The van der Waals surface area contributed by atoms with Gasteiger partial charge in [0.25, 0.3) is 5.91 Å². The van der Waals surface area contributed by atoms with Crippen LogP contribution in [0, 0.1) is 0 Å². The van der Waals surface area contributed by atoms with Gasteiger partial charge in [-0.15, -0.1) is 0 Å². The topological polar surface area (TPSA) is 77.8 Å². The van der Waals surface area contributed by atoms with Gasteiger partial charge in [-0.25, -0.2) is 0 Å². The molecule has 0 bridgehead atoms. The summed E-state index contributed by atoms with van der Waals surface area (Å²) in [7, 11) is 0. The molecule has 0 spiro atoms. The molecule has 0 aromatic heterocycles. The number of Topliss-reactive ketones (excluding diaryl/α,β-unsaturated/α-hetero) is 1. The van der Waals surface area contributed by atoms with Crippen molar-refractivity contribution in [3.63, 3.8) is 0 Å². The average molecular weight is 275 g/mol. The summed E-state index contributed by atoms with van der Waals surface area (Å²) in [5.41, 5.74) is 0.817. The summed E-state index contributed by atoms with van der Waals surface area (Å²) >= 11 is 0. The molecule has 0 aliphatic carbocycles. The summed E-state index contributed by atoms with van der Waals surface area (Å²) in [6.45, 7) is 2.93. The third kappa shape index (κ3) is 2.44. The predicted octanol–water partition coefficient (Wildman–Crippen LogP) is 1.35. The first-order valence-electron chi connectivity index (χ1n) is 6.41. The molecule has 1 aromatic rings. The third-order valence-electron chi connectivity index (χ3n) is 3.26. The van der Waals surface area contributed by atoms with E-state index in [9.17, 15) is 19.8 Å². The second-order valence-electron chi connectivity index (χ2n) is 4.94. The highest BCUT2D eigenvalue weighted by atomic mass is 16.3. The maximum atomic E-state index is 12.1.